The van der Waals surface area contributed by atoms with E-state index >= 15 is 0 Å². The molecule has 1 aromatic carbocycles. The zero-order valence-electron chi connectivity index (χ0n) is 9.00. The van der Waals surface area contributed by atoms with Crippen LogP contribution in [0.5, 0.6) is 0 Å². The molecular formula is C13H16O. The maximum absolute atomic E-state index is 5.57. The second-order valence-electron chi connectivity index (χ2n) is 3.93. The molecule has 0 amide bonds. The molecule has 74 valence electrons. The number of benzene rings is 1. The minimum absolute atomic E-state index is 0.481. The smallest absolute Gasteiger partial charge is 0.123 e. The molecule has 1 rings (SSSR count). The Hall–Kier alpha value is -1.26. The minimum Gasteiger partial charge on any atom is -0.358 e. The van der Waals surface area contributed by atoms with Crippen molar-refractivity contribution < 1.29 is 4.74 Å². The number of terminal acetylenes is 1. The molecule has 0 aromatic heterocycles. The van der Waals surface area contributed by atoms with E-state index in [1.807, 2.05) is 13.8 Å². The Labute approximate surface area is 86.1 Å². The van der Waals surface area contributed by atoms with Crippen molar-refractivity contribution in [2.45, 2.75) is 33.0 Å². The maximum Gasteiger partial charge on any atom is 0.123 e. The van der Waals surface area contributed by atoms with Crippen molar-refractivity contribution in [1.29, 1.82) is 0 Å². The van der Waals surface area contributed by atoms with Crippen LogP contribution in [0.4, 0.5) is 0 Å². The van der Waals surface area contributed by atoms with Crippen molar-refractivity contribution in [3.8, 4) is 12.3 Å². The van der Waals surface area contributed by atoms with Gasteiger partial charge in [0.1, 0.15) is 5.60 Å². The van der Waals surface area contributed by atoms with Crippen molar-refractivity contribution in [2.75, 3.05) is 0 Å². The zero-order chi connectivity index (χ0) is 10.6. The molecule has 14 heavy (non-hydrogen) atoms. The van der Waals surface area contributed by atoms with Gasteiger partial charge in [-0.15, -0.1) is 6.42 Å². The normalized spacial score (nSPS) is 11.0. The molecule has 0 aliphatic heterocycles. The second-order valence-corrected chi connectivity index (χ2v) is 3.93. The lowest BCUT2D eigenvalue weighted by Gasteiger charge is -2.18. The minimum atomic E-state index is -0.481. The molecule has 0 atom stereocenters. The predicted octanol–water partition coefficient (Wildman–Crippen LogP) is 2.92. The highest BCUT2D eigenvalue weighted by atomic mass is 16.5. The van der Waals surface area contributed by atoms with Crippen molar-refractivity contribution in [3.63, 3.8) is 0 Å². The first-order chi connectivity index (χ1) is 6.53. The van der Waals surface area contributed by atoms with Gasteiger partial charge in [-0.25, -0.2) is 0 Å². The summed E-state index contributed by atoms with van der Waals surface area (Å²) in [5, 5.41) is 0. The molecule has 0 unspecified atom stereocenters. The first-order valence-electron chi connectivity index (χ1n) is 4.71. The predicted molar refractivity (Wildman–Crippen MR) is 58.9 cm³/mol. The summed E-state index contributed by atoms with van der Waals surface area (Å²) < 4.78 is 5.57. The summed E-state index contributed by atoms with van der Waals surface area (Å²) in [5.74, 6) is 2.60. The first kappa shape index (κ1) is 10.8. The molecule has 0 spiro atoms. The van der Waals surface area contributed by atoms with E-state index in [4.69, 9.17) is 11.2 Å². The Morgan fingerprint density at radius 3 is 2.36 bits per heavy atom. The summed E-state index contributed by atoms with van der Waals surface area (Å²) in [7, 11) is 0. The molecule has 0 radical (unpaired) electrons. The van der Waals surface area contributed by atoms with Crippen LogP contribution in [0.2, 0.25) is 0 Å². The summed E-state index contributed by atoms with van der Waals surface area (Å²) in [6, 6.07) is 8.26. The molecule has 0 aliphatic carbocycles. The van der Waals surface area contributed by atoms with Crippen molar-refractivity contribution in [3.05, 3.63) is 35.4 Å². The molecule has 1 aromatic rings. The average Bonchev–Trinajstić information content (AvgIpc) is 2.17. The SMILES string of the molecule is C#CC(C)(C)OCc1ccc(C)cc1. The van der Waals surface area contributed by atoms with Gasteiger partial charge in [0.15, 0.2) is 0 Å². The number of rotatable bonds is 3. The summed E-state index contributed by atoms with van der Waals surface area (Å²) in [5.41, 5.74) is 1.93. The van der Waals surface area contributed by atoms with Gasteiger partial charge in [-0.3, -0.25) is 0 Å². The lowest BCUT2D eigenvalue weighted by molar-refractivity contribution is 0.0145. The molecule has 0 N–H and O–H groups in total. The van der Waals surface area contributed by atoms with E-state index in [0.717, 1.165) is 5.56 Å². The quantitative estimate of drug-likeness (QED) is 0.663. The first-order valence-corrected chi connectivity index (χ1v) is 4.71. The lowest BCUT2D eigenvalue weighted by Crippen LogP contribution is -2.21. The van der Waals surface area contributed by atoms with E-state index in [2.05, 4.69) is 37.1 Å². The molecule has 0 heterocycles. The van der Waals surface area contributed by atoms with Gasteiger partial charge < -0.3 is 4.74 Å². The summed E-state index contributed by atoms with van der Waals surface area (Å²) in [4.78, 5) is 0. The highest BCUT2D eigenvalue weighted by Gasteiger charge is 2.13. The zero-order valence-corrected chi connectivity index (χ0v) is 9.00. The van der Waals surface area contributed by atoms with E-state index in [0.29, 0.717) is 6.61 Å². The fraction of sp³-hybridized carbons (Fsp3) is 0.385. The van der Waals surface area contributed by atoms with E-state index < -0.39 is 5.60 Å². The average molecular weight is 188 g/mol. The van der Waals surface area contributed by atoms with E-state index in [1.165, 1.54) is 5.56 Å². The van der Waals surface area contributed by atoms with E-state index in [9.17, 15) is 0 Å². The Bertz CT molecular complexity index is 327. The Morgan fingerprint density at radius 1 is 1.29 bits per heavy atom. The Morgan fingerprint density at radius 2 is 1.86 bits per heavy atom. The van der Waals surface area contributed by atoms with Gasteiger partial charge >= 0.3 is 0 Å². The van der Waals surface area contributed by atoms with Gasteiger partial charge in [0.25, 0.3) is 0 Å². The second kappa shape index (κ2) is 4.30. The van der Waals surface area contributed by atoms with Gasteiger partial charge in [0, 0.05) is 0 Å². The van der Waals surface area contributed by atoms with Crippen LogP contribution in [0.1, 0.15) is 25.0 Å². The molecule has 0 saturated heterocycles. The number of hydrogen-bond donors (Lipinski definition) is 0. The van der Waals surface area contributed by atoms with Gasteiger partial charge in [-0.2, -0.15) is 0 Å². The monoisotopic (exact) mass is 188 g/mol. The van der Waals surface area contributed by atoms with Crippen LogP contribution in [0.3, 0.4) is 0 Å². The van der Waals surface area contributed by atoms with Gasteiger partial charge in [0.2, 0.25) is 0 Å². The standard InChI is InChI=1S/C13H16O/c1-5-13(3,4)14-10-12-8-6-11(2)7-9-12/h1,6-9H,10H2,2-4H3. The van der Waals surface area contributed by atoms with Crippen molar-refractivity contribution >= 4 is 0 Å². The molecular weight excluding hydrogens is 172 g/mol. The van der Waals surface area contributed by atoms with Gasteiger partial charge in [-0.05, 0) is 26.3 Å². The van der Waals surface area contributed by atoms with Crippen LogP contribution in [0.25, 0.3) is 0 Å². The topological polar surface area (TPSA) is 9.23 Å². The molecule has 0 fully saturated rings. The molecule has 0 bridgehead atoms. The van der Waals surface area contributed by atoms with Crippen LogP contribution < -0.4 is 0 Å². The van der Waals surface area contributed by atoms with Gasteiger partial charge in [-0.1, -0.05) is 35.7 Å². The van der Waals surface area contributed by atoms with Crippen molar-refractivity contribution in [1.82, 2.24) is 0 Å². The van der Waals surface area contributed by atoms with Crippen LogP contribution in [-0.4, -0.2) is 5.60 Å². The maximum atomic E-state index is 5.57. The lowest BCUT2D eigenvalue weighted by atomic mass is 10.1. The van der Waals surface area contributed by atoms with Gasteiger partial charge in [0.05, 0.1) is 6.61 Å². The Kier molecular flexibility index (Phi) is 3.33. The van der Waals surface area contributed by atoms with Crippen molar-refractivity contribution in [2.24, 2.45) is 0 Å². The third-order valence-corrected chi connectivity index (χ3v) is 2.07. The number of hydrogen-bond acceptors (Lipinski definition) is 1. The summed E-state index contributed by atoms with van der Waals surface area (Å²) in [6.07, 6.45) is 5.32. The van der Waals surface area contributed by atoms with Crippen LogP contribution in [-0.2, 0) is 11.3 Å². The highest BCUT2D eigenvalue weighted by Crippen LogP contribution is 2.12. The molecule has 0 saturated carbocycles. The molecule has 1 heteroatoms. The van der Waals surface area contributed by atoms with E-state index in [-0.39, 0.29) is 0 Å². The van der Waals surface area contributed by atoms with Crippen LogP contribution in [0.15, 0.2) is 24.3 Å². The molecule has 1 nitrogen and oxygen atoms in total. The molecule has 0 aliphatic rings. The van der Waals surface area contributed by atoms with E-state index in [1.54, 1.807) is 0 Å². The summed E-state index contributed by atoms with van der Waals surface area (Å²) in [6.45, 7) is 6.41. The number of ether oxygens (including phenoxy) is 1. The third kappa shape index (κ3) is 3.24. The fourth-order valence-electron chi connectivity index (χ4n) is 0.990. The van der Waals surface area contributed by atoms with Crippen LogP contribution in [0, 0.1) is 19.3 Å². The largest absolute Gasteiger partial charge is 0.358 e. The Balaban J connectivity index is 2.55. The number of aryl methyl sites for hydroxylation is 1. The fourth-order valence-corrected chi connectivity index (χ4v) is 0.990. The highest BCUT2D eigenvalue weighted by molar-refractivity contribution is 5.20. The third-order valence-electron chi connectivity index (χ3n) is 2.07. The summed E-state index contributed by atoms with van der Waals surface area (Å²) >= 11 is 0. The van der Waals surface area contributed by atoms with Crippen LogP contribution >= 0.6 is 0 Å².